The second-order valence-electron chi connectivity index (χ2n) is 8.91. The fourth-order valence-corrected chi connectivity index (χ4v) is 4.87. The summed E-state index contributed by atoms with van der Waals surface area (Å²) in [6.45, 7) is 4.07. The predicted molar refractivity (Wildman–Crippen MR) is 116 cm³/mol. The van der Waals surface area contributed by atoms with Gasteiger partial charge in [-0.1, -0.05) is 43.5 Å². The highest BCUT2D eigenvalue weighted by molar-refractivity contribution is 6.23. The van der Waals surface area contributed by atoms with Crippen molar-refractivity contribution < 1.29 is 19.2 Å². The molecule has 31 heavy (non-hydrogen) atoms. The molecule has 1 atom stereocenters. The number of hydrogen-bond donors (Lipinski definition) is 1. The number of nitrogens with one attached hydrogen (secondary N) is 1. The van der Waals surface area contributed by atoms with Crippen molar-refractivity contribution in [3.8, 4) is 0 Å². The molecule has 2 saturated carbocycles. The Morgan fingerprint density at radius 3 is 2.58 bits per heavy atom. The van der Waals surface area contributed by atoms with E-state index in [1.54, 1.807) is 30.1 Å². The number of allylic oxidation sites excluding steroid dienone is 1. The standard InChI is InChI=1S/C24H29N3O4/c1-15-11-12-19(20(28)13-15)27-22(29)18-10-6-7-16(21(18)23(27)30)14-26(2)24(31)25-17-8-4-3-5-9-17/h6-7,10,17,19H,1,3-5,8-9,11-14H2,2H3,(H,25,31). The molecule has 1 unspecified atom stereocenters. The Kier molecular flexibility index (Phi) is 5.94. The lowest BCUT2D eigenvalue weighted by molar-refractivity contribution is -0.123. The smallest absolute Gasteiger partial charge is 0.317 e. The van der Waals surface area contributed by atoms with Crippen LogP contribution in [0.25, 0.3) is 0 Å². The summed E-state index contributed by atoms with van der Waals surface area (Å²) in [5, 5.41) is 3.07. The maximum absolute atomic E-state index is 13.2. The minimum atomic E-state index is -0.738. The minimum Gasteiger partial charge on any atom is -0.335 e. The molecule has 0 bridgehead atoms. The third kappa shape index (κ3) is 4.13. The van der Waals surface area contributed by atoms with E-state index in [-0.39, 0.29) is 30.8 Å². The fraction of sp³-hybridized carbons (Fsp3) is 0.500. The first-order valence-corrected chi connectivity index (χ1v) is 11.1. The summed E-state index contributed by atoms with van der Waals surface area (Å²) < 4.78 is 0. The van der Waals surface area contributed by atoms with Crippen molar-refractivity contribution in [2.75, 3.05) is 7.05 Å². The monoisotopic (exact) mass is 423 g/mol. The average Bonchev–Trinajstić information content (AvgIpc) is 3.00. The summed E-state index contributed by atoms with van der Waals surface area (Å²) >= 11 is 0. The predicted octanol–water partition coefficient (Wildman–Crippen LogP) is 3.43. The number of fused-ring (bicyclic) bond motifs is 1. The third-order valence-corrected chi connectivity index (χ3v) is 6.60. The van der Waals surface area contributed by atoms with Crippen LogP contribution in [-0.2, 0) is 11.3 Å². The minimum absolute atomic E-state index is 0.142. The summed E-state index contributed by atoms with van der Waals surface area (Å²) in [4.78, 5) is 54.1. The summed E-state index contributed by atoms with van der Waals surface area (Å²) in [5.41, 5.74) is 2.07. The van der Waals surface area contributed by atoms with E-state index in [0.717, 1.165) is 36.2 Å². The Balaban J connectivity index is 1.51. The van der Waals surface area contributed by atoms with Crippen LogP contribution in [0.2, 0.25) is 0 Å². The zero-order chi connectivity index (χ0) is 22.1. The summed E-state index contributed by atoms with van der Waals surface area (Å²) in [6.07, 6.45) is 6.69. The molecule has 3 aliphatic rings. The molecule has 2 fully saturated rings. The number of urea groups is 1. The number of nitrogens with zero attached hydrogens (tertiary/aromatic N) is 2. The zero-order valence-corrected chi connectivity index (χ0v) is 18.0. The van der Waals surface area contributed by atoms with Crippen LogP contribution in [0.3, 0.4) is 0 Å². The van der Waals surface area contributed by atoms with Gasteiger partial charge in [-0.05, 0) is 37.3 Å². The second kappa shape index (κ2) is 8.65. The van der Waals surface area contributed by atoms with Crippen LogP contribution >= 0.6 is 0 Å². The molecule has 4 rings (SSSR count). The molecule has 1 heterocycles. The Bertz CT molecular complexity index is 948. The molecule has 4 amide bonds. The van der Waals surface area contributed by atoms with Crippen molar-refractivity contribution in [1.29, 1.82) is 0 Å². The summed E-state index contributed by atoms with van der Waals surface area (Å²) in [6, 6.07) is 4.38. The van der Waals surface area contributed by atoms with Gasteiger partial charge in [0, 0.05) is 26.1 Å². The van der Waals surface area contributed by atoms with Crippen LogP contribution in [0.1, 0.15) is 77.6 Å². The van der Waals surface area contributed by atoms with Crippen LogP contribution < -0.4 is 5.32 Å². The van der Waals surface area contributed by atoms with E-state index < -0.39 is 17.9 Å². The maximum atomic E-state index is 13.2. The zero-order valence-electron chi connectivity index (χ0n) is 18.0. The molecule has 0 aromatic heterocycles. The molecule has 7 heteroatoms. The van der Waals surface area contributed by atoms with Gasteiger partial charge in [-0.15, -0.1) is 0 Å². The largest absolute Gasteiger partial charge is 0.335 e. The normalized spacial score (nSPS) is 22.0. The van der Waals surface area contributed by atoms with Gasteiger partial charge in [0.1, 0.15) is 0 Å². The molecule has 164 valence electrons. The van der Waals surface area contributed by atoms with E-state index in [9.17, 15) is 19.2 Å². The summed E-state index contributed by atoms with van der Waals surface area (Å²) in [5.74, 6) is -1.01. The lowest BCUT2D eigenvalue weighted by Gasteiger charge is -2.29. The van der Waals surface area contributed by atoms with Crippen molar-refractivity contribution in [1.82, 2.24) is 15.1 Å². The third-order valence-electron chi connectivity index (χ3n) is 6.60. The quantitative estimate of drug-likeness (QED) is 0.594. The molecule has 1 aromatic rings. The van der Waals surface area contributed by atoms with Crippen LogP contribution in [0.5, 0.6) is 0 Å². The number of carbonyl (C=O) groups excluding carboxylic acids is 4. The molecule has 0 saturated heterocycles. The van der Waals surface area contributed by atoms with Gasteiger partial charge in [-0.25, -0.2) is 4.79 Å². The van der Waals surface area contributed by atoms with Gasteiger partial charge in [0.05, 0.1) is 17.2 Å². The van der Waals surface area contributed by atoms with E-state index in [4.69, 9.17) is 0 Å². The van der Waals surface area contributed by atoms with E-state index in [0.29, 0.717) is 29.5 Å². The highest BCUT2D eigenvalue weighted by Gasteiger charge is 2.44. The van der Waals surface area contributed by atoms with Gasteiger partial charge < -0.3 is 10.2 Å². The second-order valence-corrected chi connectivity index (χ2v) is 8.91. The van der Waals surface area contributed by atoms with Gasteiger partial charge in [-0.2, -0.15) is 0 Å². The van der Waals surface area contributed by atoms with E-state index in [1.165, 1.54) is 6.42 Å². The molecule has 0 spiro atoms. The molecule has 0 radical (unpaired) electrons. The van der Waals surface area contributed by atoms with Crippen molar-refractivity contribution in [2.45, 2.75) is 70.0 Å². The molecule has 2 aliphatic carbocycles. The van der Waals surface area contributed by atoms with Crippen LogP contribution in [-0.4, -0.2) is 52.6 Å². The maximum Gasteiger partial charge on any atom is 0.317 e. The van der Waals surface area contributed by atoms with Gasteiger partial charge in [0.15, 0.2) is 5.78 Å². The number of rotatable bonds is 4. The molecular formula is C24H29N3O4. The first kappa shape index (κ1) is 21.3. The molecule has 7 nitrogen and oxygen atoms in total. The highest BCUT2D eigenvalue weighted by Crippen LogP contribution is 2.32. The van der Waals surface area contributed by atoms with E-state index >= 15 is 0 Å². The van der Waals surface area contributed by atoms with Crippen molar-refractivity contribution in [3.05, 3.63) is 47.0 Å². The van der Waals surface area contributed by atoms with Gasteiger partial charge in [0.2, 0.25) is 0 Å². The number of carbonyl (C=O) groups is 4. The van der Waals surface area contributed by atoms with Gasteiger partial charge in [-0.3, -0.25) is 19.3 Å². The number of amides is 4. The Morgan fingerprint density at radius 2 is 1.87 bits per heavy atom. The lowest BCUT2D eigenvalue weighted by atomic mass is 9.89. The number of ketones is 1. The number of imide groups is 1. The van der Waals surface area contributed by atoms with Crippen molar-refractivity contribution >= 4 is 23.6 Å². The molecule has 1 aromatic carbocycles. The fourth-order valence-electron chi connectivity index (χ4n) is 4.87. The first-order chi connectivity index (χ1) is 14.9. The first-order valence-electron chi connectivity index (χ1n) is 11.1. The van der Waals surface area contributed by atoms with Crippen LogP contribution in [0.15, 0.2) is 30.4 Å². The Hall–Kier alpha value is -2.96. The number of hydrogen-bond acceptors (Lipinski definition) is 4. The average molecular weight is 424 g/mol. The Morgan fingerprint density at radius 1 is 1.13 bits per heavy atom. The highest BCUT2D eigenvalue weighted by atomic mass is 16.2. The van der Waals surface area contributed by atoms with Crippen LogP contribution in [0.4, 0.5) is 4.79 Å². The SMILES string of the molecule is C=C1CCC(N2C(=O)c3cccc(CN(C)C(=O)NC4CCCCC4)c3C2=O)C(=O)C1. The van der Waals surface area contributed by atoms with Crippen molar-refractivity contribution in [2.24, 2.45) is 0 Å². The summed E-state index contributed by atoms with van der Waals surface area (Å²) in [7, 11) is 1.69. The number of benzene rings is 1. The Labute approximate surface area is 182 Å². The number of Topliss-reactive ketones (excluding diaryl/α,β-unsaturated/α-hetero) is 1. The molecule has 1 aliphatic heterocycles. The topological polar surface area (TPSA) is 86.8 Å². The lowest BCUT2D eigenvalue weighted by Crippen LogP contribution is -2.46. The van der Waals surface area contributed by atoms with Gasteiger partial charge in [0.25, 0.3) is 11.8 Å². The van der Waals surface area contributed by atoms with E-state index in [1.807, 2.05) is 0 Å². The van der Waals surface area contributed by atoms with Gasteiger partial charge >= 0.3 is 6.03 Å². The van der Waals surface area contributed by atoms with Crippen molar-refractivity contribution in [3.63, 3.8) is 0 Å². The molecule has 1 N–H and O–H groups in total. The molecular weight excluding hydrogens is 394 g/mol. The van der Waals surface area contributed by atoms with E-state index in [2.05, 4.69) is 11.9 Å². The van der Waals surface area contributed by atoms with Crippen LogP contribution in [0, 0.1) is 0 Å².